The van der Waals surface area contributed by atoms with Crippen LogP contribution >= 0.6 is 0 Å². The SMILES string of the molecule is CCCCC1(O)CCCCC1C(C)C. The van der Waals surface area contributed by atoms with Gasteiger partial charge in [-0.1, -0.05) is 46.5 Å². The van der Waals surface area contributed by atoms with Crippen molar-refractivity contribution in [2.45, 2.75) is 71.3 Å². The lowest BCUT2D eigenvalue weighted by Gasteiger charge is -2.42. The summed E-state index contributed by atoms with van der Waals surface area (Å²) in [5, 5.41) is 10.6. The first kappa shape index (κ1) is 12.0. The van der Waals surface area contributed by atoms with Gasteiger partial charge < -0.3 is 5.11 Å². The fourth-order valence-electron chi connectivity index (χ4n) is 3.00. The maximum Gasteiger partial charge on any atom is 0.0678 e. The van der Waals surface area contributed by atoms with Gasteiger partial charge in [0.15, 0.2) is 0 Å². The number of unbranched alkanes of at least 4 members (excludes halogenated alkanes) is 1. The van der Waals surface area contributed by atoms with Crippen molar-refractivity contribution in [1.29, 1.82) is 0 Å². The minimum Gasteiger partial charge on any atom is -0.390 e. The first-order valence-electron chi connectivity index (χ1n) is 6.32. The van der Waals surface area contributed by atoms with Crippen molar-refractivity contribution < 1.29 is 5.11 Å². The van der Waals surface area contributed by atoms with E-state index in [1.54, 1.807) is 0 Å². The molecule has 0 spiro atoms. The molecule has 14 heavy (non-hydrogen) atoms. The van der Waals surface area contributed by atoms with E-state index < -0.39 is 0 Å². The van der Waals surface area contributed by atoms with E-state index in [-0.39, 0.29) is 5.60 Å². The van der Waals surface area contributed by atoms with Crippen LogP contribution in [-0.2, 0) is 0 Å². The van der Waals surface area contributed by atoms with Crippen LogP contribution in [0.4, 0.5) is 0 Å². The molecule has 0 aromatic rings. The van der Waals surface area contributed by atoms with E-state index in [0.717, 1.165) is 12.8 Å². The predicted octanol–water partition coefficient (Wildman–Crippen LogP) is 3.75. The van der Waals surface area contributed by atoms with E-state index in [9.17, 15) is 5.11 Å². The van der Waals surface area contributed by atoms with Crippen LogP contribution in [0.25, 0.3) is 0 Å². The fraction of sp³-hybridized carbons (Fsp3) is 1.00. The summed E-state index contributed by atoms with van der Waals surface area (Å²) in [7, 11) is 0. The van der Waals surface area contributed by atoms with Gasteiger partial charge in [-0.15, -0.1) is 0 Å². The summed E-state index contributed by atoms with van der Waals surface area (Å²) in [6.45, 7) is 6.72. The van der Waals surface area contributed by atoms with Crippen molar-refractivity contribution >= 4 is 0 Å². The minimum atomic E-state index is -0.331. The number of rotatable bonds is 4. The molecule has 1 saturated carbocycles. The molecule has 1 N–H and O–H groups in total. The molecule has 0 amide bonds. The second-order valence-corrected chi connectivity index (χ2v) is 5.30. The van der Waals surface area contributed by atoms with Crippen LogP contribution in [0.3, 0.4) is 0 Å². The van der Waals surface area contributed by atoms with Crippen molar-refractivity contribution in [3.8, 4) is 0 Å². The van der Waals surface area contributed by atoms with Gasteiger partial charge in [0.2, 0.25) is 0 Å². The van der Waals surface area contributed by atoms with Crippen LogP contribution in [0.2, 0.25) is 0 Å². The van der Waals surface area contributed by atoms with Crippen molar-refractivity contribution in [2.24, 2.45) is 11.8 Å². The van der Waals surface area contributed by atoms with Crippen LogP contribution in [0.15, 0.2) is 0 Å². The van der Waals surface area contributed by atoms with Gasteiger partial charge in [0.05, 0.1) is 5.60 Å². The molecule has 1 aliphatic carbocycles. The third-order valence-electron chi connectivity index (χ3n) is 3.83. The standard InChI is InChI=1S/C13H26O/c1-4-5-9-13(14)10-7-6-8-12(13)11(2)3/h11-12,14H,4-10H2,1-3H3. The van der Waals surface area contributed by atoms with E-state index in [1.165, 1.54) is 32.1 Å². The number of hydrogen-bond acceptors (Lipinski definition) is 1. The Hall–Kier alpha value is -0.0400. The summed E-state index contributed by atoms with van der Waals surface area (Å²) < 4.78 is 0. The quantitative estimate of drug-likeness (QED) is 0.729. The first-order valence-corrected chi connectivity index (χ1v) is 6.32. The van der Waals surface area contributed by atoms with Crippen LogP contribution < -0.4 is 0 Å². The zero-order chi connectivity index (χ0) is 10.6. The lowest BCUT2D eigenvalue weighted by atomic mass is 9.68. The Balaban J connectivity index is 2.59. The molecule has 0 bridgehead atoms. The van der Waals surface area contributed by atoms with Gasteiger partial charge >= 0.3 is 0 Å². The lowest BCUT2D eigenvalue weighted by molar-refractivity contribution is -0.0731. The molecular weight excluding hydrogens is 172 g/mol. The van der Waals surface area contributed by atoms with Crippen LogP contribution in [0.1, 0.15) is 65.7 Å². The van der Waals surface area contributed by atoms with Crippen molar-refractivity contribution in [3.05, 3.63) is 0 Å². The van der Waals surface area contributed by atoms with Gasteiger partial charge in [-0.05, 0) is 31.1 Å². The highest BCUT2D eigenvalue weighted by Crippen LogP contribution is 2.41. The Morgan fingerprint density at radius 2 is 2.07 bits per heavy atom. The van der Waals surface area contributed by atoms with E-state index in [2.05, 4.69) is 20.8 Å². The smallest absolute Gasteiger partial charge is 0.0678 e. The molecule has 1 nitrogen and oxygen atoms in total. The zero-order valence-corrected chi connectivity index (χ0v) is 10.1. The van der Waals surface area contributed by atoms with Gasteiger partial charge in [0.25, 0.3) is 0 Å². The second kappa shape index (κ2) is 5.16. The Morgan fingerprint density at radius 3 is 2.64 bits per heavy atom. The second-order valence-electron chi connectivity index (χ2n) is 5.30. The van der Waals surface area contributed by atoms with Gasteiger partial charge in [-0.25, -0.2) is 0 Å². The van der Waals surface area contributed by atoms with Crippen molar-refractivity contribution in [2.75, 3.05) is 0 Å². The van der Waals surface area contributed by atoms with E-state index in [4.69, 9.17) is 0 Å². The van der Waals surface area contributed by atoms with Gasteiger partial charge in [0, 0.05) is 0 Å². The maximum atomic E-state index is 10.6. The molecule has 1 aliphatic rings. The van der Waals surface area contributed by atoms with E-state index in [1.807, 2.05) is 0 Å². The Kier molecular flexibility index (Phi) is 4.43. The van der Waals surface area contributed by atoms with Gasteiger partial charge in [-0.2, -0.15) is 0 Å². The summed E-state index contributed by atoms with van der Waals surface area (Å²) in [6, 6.07) is 0. The fourth-order valence-corrected chi connectivity index (χ4v) is 3.00. The molecule has 2 unspecified atom stereocenters. The molecule has 2 atom stereocenters. The monoisotopic (exact) mass is 198 g/mol. The highest BCUT2D eigenvalue weighted by Gasteiger charge is 2.39. The van der Waals surface area contributed by atoms with Crippen LogP contribution in [-0.4, -0.2) is 10.7 Å². The molecule has 0 heterocycles. The molecular formula is C13H26O. The molecule has 1 fully saturated rings. The van der Waals surface area contributed by atoms with Crippen LogP contribution in [0.5, 0.6) is 0 Å². The molecule has 0 radical (unpaired) electrons. The van der Waals surface area contributed by atoms with Gasteiger partial charge in [0.1, 0.15) is 0 Å². The van der Waals surface area contributed by atoms with E-state index in [0.29, 0.717) is 11.8 Å². The lowest BCUT2D eigenvalue weighted by Crippen LogP contribution is -2.43. The molecule has 1 heteroatoms. The Labute approximate surface area is 88.9 Å². The Morgan fingerprint density at radius 1 is 1.36 bits per heavy atom. The normalized spacial score (nSPS) is 33.6. The molecule has 0 aliphatic heterocycles. The summed E-state index contributed by atoms with van der Waals surface area (Å²) in [6.07, 6.45) is 8.22. The topological polar surface area (TPSA) is 20.2 Å². The van der Waals surface area contributed by atoms with Crippen LogP contribution in [0, 0.1) is 11.8 Å². The number of aliphatic hydroxyl groups is 1. The van der Waals surface area contributed by atoms with Crippen molar-refractivity contribution in [1.82, 2.24) is 0 Å². The summed E-state index contributed by atoms with van der Waals surface area (Å²) >= 11 is 0. The molecule has 0 aromatic heterocycles. The first-order chi connectivity index (χ1) is 6.60. The Bertz CT molecular complexity index is 165. The van der Waals surface area contributed by atoms with Crippen molar-refractivity contribution in [3.63, 3.8) is 0 Å². The zero-order valence-electron chi connectivity index (χ0n) is 10.1. The average molecular weight is 198 g/mol. The average Bonchev–Trinajstić information content (AvgIpc) is 2.15. The summed E-state index contributed by atoms with van der Waals surface area (Å²) in [4.78, 5) is 0. The van der Waals surface area contributed by atoms with E-state index >= 15 is 0 Å². The molecule has 0 aromatic carbocycles. The van der Waals surface area contributed by atoms with Gasteiger partial charge in [-0.3, -0.25) is 0 Å². The minimum absolute atomic E-state index is 0.331. The summed E-state index contributed by atoms with van der Waals surface area (Å²) in [5.41, 5.74) is -0.331. The third-order valence-corrected chi connectivity index (χ3v) is 3.83. The molecule has 0 saturated heterocycles. The molecule has 1 rings (SSSR count). The number of hydrogen-bond donors (Lipinski definition) is 1. The highest BCUT2D eigenvalue weighted by molar-refractivity contribution is 4.91. The predicted molar refractivity (Wildman–Crippen MR) is 61.3 cm³/mol. The maximum absolute atomic E-state index is 10.6. The largest absolute Gasteiger partial charge is 0.390 e. The summed E-state index contributed by atoms with van der Waals surface area (Å²) in [5.74, 6) is 1.18. The molecule has 84 valence electrons. The highest BCUT2D eigenvalue weighted by atomic mass is 16.3. The third kappa shape index (κ3) is 2.73.